The summed E-state index contributed by atoms with van der Waals surface area (Å²) >= 11 is 0. The summed E-state index contributed by atoms with van der Waals surface area (Å²) in [7, 11) is 3.31. The van der Waals surface area contributed by atoms with Gasteiger partial charge in [-0.2, -0.15) is 0 Å². The average molecular weight is 518 g/mol. The number of ether oxygens (including phenoxy) is 2. The van der Waals surface area contributed by atoms with Gasteiger partial charge in [0.1, 0.15) is 0 Å². The zero-order valence-corrected chi connectivity index (χ0v) is 20.8. The minimum absolute atomic E-state index is 0. The van der Waals surface area contributed by atoms with E-state index in [0.29, 0.717) is 13.1 Å². The second kappa shape index (κ2) is 11.5. The topological polar surface area (TPSA) is 75.2 Å². The van der Waals surface area contributed by atoms with E-state index < -0.39 is 5.41 Å². The van der Waals surface area contributed by atoms with E-state index in [9.17, 15) is 4.79 Å². The molecule has 2 N–H and O–H groups in total. The highest BCUT2D eigenvalue weighted by molar-refractivity contribution is 14.0. The third kappa shape index (κ3) is 6.38. The van der Waals surface area contributed by atoms with Crippen LogP contribution in [0.15, 0.2) is 17.1 Å². The molecule has 29 heavy (non-hydrogen) atoms. The van der Waals surface area contributed by atoms with Crippen LogP contribution in [0, 0.1) is 5.41 Å². The van der Waals surface area contributed by atoms with Gasteiger partial charge in [-0.25, -0.2) is 0 Å². The molecule has 1 aliphatic rings. The molecule has 0 fully saturated rings. The molecule has 0 radical (unpaired) electrons. The number of guanidine groups is 1. The highest BCUT2D eigenvalue weighted by atomic mass is 127. The Labute approximate surface area is 191 Å². The Bertz CT molecular complexity index is 722. The molecule has 0 aliphatic carbocycles. The first-order valence-electron chi connectivity index (χ1n) is 9.91. The van der Waals surface area contributed by atoms with E-state index in [1.165, 1.54) is 11.1 Å². The van der Waals surface area contributed by atoms with Crippen LogP contribution >= 0.6 is 24.0 Å². The molecule has 1 heterocycles. The van der Waals surface area contributed by atoms with Gasteiger partial charge in [0.25, 0.3) is 0 Å². The average Bonchev–Trinajstić information content (AvgIpc) is 2.69. The largest absolute Gasteiger partial charge is 0.493 e. The number of aliphatic imine (C=N–C) groups is 1. The standard InChI is InChI=1S/C21H34N4O3.HI/c1-7-22-19(26)21(3,4)14-24-20(23-8-2)25-10-9-15-11-17(27-5)18(28-6)12-16(15)13-25;/h11-12H,7-10,13-14H2,1-6H3,(H,22,26)(H,23,24);1H. The summed E-state index contributed by atoms with van der Waals surface area (Å²) in [6.45, 7) is 11.2. The summed E-state index contributed by atoms with van der Waals surface area (Å²) < 4.78 is 10.9. The van der Waals surface area contributed by atoms with E-state index in [1.54, 1.807) is 14.2 Å². The molecule has 2 rings (SSSR count). The summed E-state index contributed by atoms with van der Waals surface area (Å²) in [5.74, 6) is 2.36. The zero-order chi connectivity index (χ0) is 20.7. The Morgan fingerprint density at radius 3 is 2.24 bits per heavy atom. The number of nitrogens with one attached hydrogen (secondary N) is 2. The van der Waals surface area contributed by atoms with Gasteiger partial charge in [0.2, 0.25) is 5.91 Å². The molecule has 164 valence electrons. The van der Waals surface area contributed by atoms with Gasteiger partial charge in [-0.05, 0) is 57.4 Å². The lowest BCUT2D eigenvalue weighted by Gasteiger charge is -2.33. The van der Waals surface area contributed by atoms with Crippen LogP contribution in [0.3, 0.4) is 0 Å². The summed E-state index contributed by atoms with van der Waals surface area (Å²) in [6, 6.07) is 4.11. The predicted molar refractivity (Wildman–Crippen MR) is 128 cm³/mol. The Balaban J connectivity index is 0.00000420. The number of carbonyl (C=O) groups is 1. The van der Waals surface area contributed by atoms with Crippen LogP contribution in [0.25, 0.3) is 0 Å². The Hall–Kier alpha value is -1.71. The van der Waals surface area contributed by atoms with Crippen molar-refractivity contribution in [2.24, 2.45) is 10.4 Å². The number of amides is 1. The van der Waals surface area contributed by atoms with Gasteiger partial charge in [0, 0.05) is 26.2 Å². The van der Waals surface area contributed by atoms with Crippen LogP contribution in [0.1, 0.15) is 38.8 Å². The fourth-order valence-corrected chi connectivity index (χ4v) is 3.23. The van der Waals surface area contributed by atoms with Crippen molar-refractivity contribution < 1.29 is 14.3 Å². The Morgan fingerprint density at radius 1 is 1.10 bits per heavy atom. The number of hydrogen-bond acceptors (Lipinski definition) is 4. The van der Waals surface area contributed by atoms with E-state index in [2.05, 4.69) is 28.5 Å². The molecular formula is C21H35IN4O3. The summed E-state index contributed by atoms with van der Waals surface area (Å²) in [5.41, 5.74) is 1.92. The first-order valence-corrected chi connectivity index (χ1v) is 9.91. The number of benzene rings is 1. The van der Waals surface area contributed by atoms with Crippen LogP contribution in [0.4, 0.5) is 0 Å². The van der Waals surface area contributed by atoms with Crippen LogP contribution in [-0.4, -0.2) is 57.2 Å². The molecule has 0 aromatic heterocycles. The summed E-state index contributed by atoms with van der Waals surface area (Å²) in [5, 5.41) is 6.26. The van der Waals surface area contributed by atoms with Crippen molar-refractivity contribution in [3.63, 3.8) is 0 Å². The highest BCUT2D eigenvalue weighted by Gasteiger charge is 2.28. The number of fused-ring (bicyclic) bond motifs is 1. The van der Waals surface area contributed by atoms with E-state index in [-0.39, 0.29) is 29.9 Å². The van der Waals surface area contributed by atoms with Gasteiger partial charge in [-0.15, -0.1) is 24.0 Å². The first kappa shape index (κ1) is 25.3. The van der Waals surface area contributed by atoms with Crippen molar-refractivity contribution in [3.05, 3.63) is 23.3 Å². The molecule has 1 aromatic carbocycles. The number of hydrogen-bond donors (Lipinski definition) is 2. The number of rotatable bonds is 7. The third-order valence-corrected chi connectivity index (χ3v) is 4.93. The molecule has 0 saturated heterocycles. The van der Waals surface area contributed by atoms with E-state index in [4.69, 9.17) is 14.5 Å². The molecule has 1 aromatic rings. The second-order valence-corrected chi connectivity index (χ2v) is 7.56. The zero-order valence-electron chi connectivity index (χ0n) is 18.4. The molecule has 0 bridgehead atoms. The van der Waals surface area contributed by atoms with Gasteiger partial charge in [-0.1, -0.05) is 0 Å². The lowest BCUT2D eigenvalue weighted by Crippen LogP contribution is -2.45. The van der Waals surface area contributed by atoms with Crippen molar-refractivity contribution in [1.29, 1.82) is 0 Å². The maximum absolute atomic E-state index is 12.3. The van der Waals surface area contributed by atoms with Crippen LogP contribution in [0.5, 0.6) is 11.5 Å². The van der Waals surface area contributed by atoms with Gasteiger partial charge < -0.3 is 25.0 Å². The van der Waals surface area contributed by atoms with Crippen LogP contribution < -0.4 is 20.1 Å². The highest BCUT2D eigenvalue weighted by Crippen LogP contribution is 2.33. The quantitative estimate of drug-likeness (QED) is 0.330. The summed E-state index contributed by atoms with van der Waals surface area (Å²) in [4.78, 5) is 19.3. The lowest BCUT2D eigenvalue weighted by molar-refractivity contribution is -0.128. The fourth-order valence-electron chi connectivity index (χ4n) is 3.23. The lowest BCUT2D eigenvalue weighted by atomic mass is 9.92. The van der Waals surface area contributed by atoms with Crippen molar-refractivity contribution in [1.82, 2.24) is 15.5 Å². The second-order valence-electron chi connectivity index (χ2n) is 7.56. The smallest absolute Gasteiger partial charge is 0.227 e. The molecule has 0 atom stereocenters. The normalized spacial score (nSPS) is 13.9. The van der Waals surface area contributed by atoms with E-state index >= 15 is 0 Å². The van der Waals surface area contributed by atoms with Crippen molar-refractivity contribution in [2.75, 3.05) is 40.4 Å². The van der Waals surface area contributed by atoms with Gasteiger partial charge in [0.05, 0.1) is 26.2 Å². The third-order valence-electron chi connectivity index (χ3n) is 4.93. The maximum Gasteiger partial charge on any atom is 0.227 e. The van der Waals surface area contributed by atoms with Crippen LogP contribution in [-0.2, 0) is 17.8 Å². The van der Waals surface area contributed by atoms with Gasteiger partial charge in [-0.3, -0.25) is 9.79 Å². The van der Waals surface area contributed by atoms with E-state index in [1.807, 2.05) is 26.8 Å². The molecule has 0 spiro atoms. The van der Waals surface area contributed by atoms with Crippen LogP contribution in [0.2, 0.25) is 0 Å². The maximum atomic E-state index is 12.3. The molecule has 1 aliphatic heterocycles. The molecule has 8 heteroatoms. The van der Waals surface area contributed by atoms with Crippen molar-refractivity contribution in [3.8, 4) is 11.5 Å². The van der Waals surface area contributed by atoms with Crippen molar-refractivity contribution >= 4 is 35.8 Å². The minimum atomic E-state index is -0.555. The minimum Gasteiger partial charge on any atom is -0.493 e. The van der Waals surface area contributed by atoms with Crippen molar-refractivity contribution in [2.45, 2.75) is 40.7 Å². The number of methoxy groups -OCH3 is 2. The van der Waals surface area contributed by atoms with E-state index in [0.717, 1.165) is 43.5 Å². The monoisotopic (exact) mass is 518 g/mol. The Kier molecular flexibility index (Phi) is 10.0. The van der Waals surface area contributed by atoms with Gasteiger partial charge in [0.15, 0.2) is 17.5 Å². The number of nitrogens with zero attached hydrogens (tertiary/aromatic N) is 2. The number of halogens is 1. The predicted octanol–water partition coefficient (Wildman–Crippen LogP) is 2.81. The van der Waals surface area contributed by atoms with Gasteiger partial charge >= 0.3 is 0 Å². The first-order chi connectivity index (χ1) is 13.4. The molecule has 7 nitrogen and oxygen atoms in total. The molecule has 1 amide bonds. The molecular weight excluding hydrogens is 483 g/mol. The molecule has 0 unspecified atom stereocenters. The molecule has 0 saturated carbocycles. The summed E-state index contributed by atoms with van der Waals surface area (Å²) in [6.07, 6.45) is 0.903. The Morgan fingerprint density at radius 2 is 1.69 bits per heavy atom. The SMILES string of the molecule is CCNC(=O)C(C)(C)CN=C(NCC)N1CCc2cc(OC)c(OC)cc2C1.I. The number of carbonyl (C=O) groups excluding carboxylic acids is 1. The fraction of sp³-hybridized carbons (Fsp3) is 0.619.